The second kappa shape index (κ2) is 10.4. The number of aromatic hydroxyl groups is 1. The number of anilines is 1. The highest BCUT2D eigenvalue weighted by Crippen LogP contribution is 2.37. The Morgan fingerprint density at radius 3 is 2.13 bits per heavy atom. The number of rotatable bonds is 8. The van der Waals surface area contributed by atoms with Crippen molar-refractivity contribution < 1.29 is 14.6 Å². The highest BCUT2D eigenvalue weighted by atomic mass is 35.5. The third-order valence-electron chi connectivity index (χ3n) is 4.25. The Kier molecular flexibility index (Phi) is 7.84. The normalized spacial score (nSPS) is 10.7. The topological polar surface area (TPSA) is 50.7 Å². The van der Waals surface area contributed by atoms with Gasteiger partial charge < -0.3 is 19.9 Å². The lowest BCUT2D eigenvalue weighted by molar-refractivity contribution is 0.269. The first kappa shape index (κ1) is 22.7. The Labute approximate surface area is 195 Å². The molecule has 0 saturated heterocycles. The molecule has 0 spiro atoms. The van der Waals surface area contributed by atoms with Crippen LogP contribution in [0.5, 0.6) is 17.2 Å². The molecule has 0 heterocycles. The average Bonchev–Trinajstić information content (AvgIpc) is 2.72. The van der Waals surface area contributed by atoms with E-state index in [0.29, 0.717) is 40.4 Å². The van der Waals surface area contributed by atoms with Gasteiger partial charge in [-0.15, -0.1) is 0 Å². The first-order chi connectivity index (χ1) is 14.4. The lowest BCUT2D eigenvalue weighted by atomic mass is 10.2. The number of ether oxygens (including phenoxy) is 2. The van der Waals surface area contributed by atoms with Crippen molar-refractivity contribution in [2.45, 2.75) is 20.1 Å². The summed E-state index contributed by atoms with van der Waals surface area (Å²) >= 11 is 24.6. The van der Waals surface area contributed by atoms with Crippen LogP contribution in [0, 0.1) is 0 Å². The van der Waals surface area contributed by atoms with E-state index in [-0.39, 0.29) is 22.4 Å². The van der Waals surface area contributed by atoms with Gasteiger partial charge in [-0.05, 0) is 36.8 Å². The van der Waals surface area contributed by atoms with Gasteiger partial charge in [-0.2, -0.15) is 0 Å². The zero-order chi connectivity index (χ0) is 21.7. The first-order valence-electron chi connectivity index (χ1n) is 9.12. The monoisotopic (exact) mass is 485 g/mol. The van der Waals surface area contributed by atoms with Crippen molar-refractivity contribution in [3.8, 4) is 17.2 Å². The van der Waals surface area contributed by atoms with Crippen LogP contribution in [0.2, 0.25) is 20.1 Å². The molecule has 0 atom stereocenters. The molecule has 30 heavy (non-hydrogen) atoms. The van der Waals surface area contributed by atoms with E-state index < -0.39 is 0 Å². The quantitative estimate of drug-likeness (QED) is 0.322. The Bertz CT molecular complexity index is 1020. The number of phenolic OH excluding ortho intramolecular Hbond substituents is 1. The fourth-order valence-corrected chi connectivity index (χ4v) is 3.63. The number of benzene rings is 3. The summed E-state index contributed by atoms with van der Waals surface area (Å²) in [6.07, 6.45) is 0. The van der Waals surface area contributed by atoms with Crippen molar-refractivity contribution in [2.75, 3.05) is 11.9 Å². The van der Waals surface area contributed by atoms with Gasteiger partial charge in [0, 0.05) is 33.9 Å². The summed E-state index contributed by atoms with van der Waals surface area (Å²) in [6, 6.07) is 14.2. The number of halogens is 4. The minimum atomic E-state index is -0.152. The van der Waals surface area contributed by atoms with Gasteiger partial charge in [0.15, 0.2) is 17.2 Å². The van der Waals surface area contributed by atoms with Gasteiger partial charge >= 0.3 is 0 Å². The number of phenols is 1. The molecule has 2 N–H and O–H groups in total. The highest BCUT2D eigenvalue weighted by Gasteiger charge is 2.13. The van der Waals surface area contributed by atoms with E-state index in [1.54, 1.807) is 18.2 Å². The Balaban J connectivity index is 1.78. The van der Waals surface area contributed by atoms with Crippen LogP contribution < -0.4 is 14.8 Å². The zero-order valence-corrected chi connectivity index (χ0v) is 19.0. The Morgan fingerprint density at radius 2 is 1.47 bits per heavy atom. The number of nitrogens with one attached hydrogen (secondary N) is 1. The number of hydrogen-bond donors (Lipinski definition) is 2. The summed E-state index contributed by atoms with van der Waals surface area (Å²) in [6.45, 7) is 3.05. The van der Waals surface area contributed by atoms with E-state index >= 15 is 0 Å². The van der Waals surface area contributed by atoms with Gasteiger partial charge in [-0.3, -0.25) is 0 Å². The maximum absolute atomic E-state index is 9.68. The molecule has 0 aliphatic carbocycles. The molecule has 3 rings (SSSR count). The van der Waals surface area contributed by atoms with Crippen LogP contribution in [0.25, 0.3) is 0 Å². The van der Waals surface area contributed by atoms with Gasteiger partial charge in [0.05, 0.1) is 16.7 Å². The van der Waals surface area contributed by atoms with Crippen LogP contribution in [0.1, 0.15) is 18.1 Å². The van der Waals surface area contributed by atoms with E-state index in [4.69, 9.17) is 55.9 Å². The molecule has 3 aromatic carbocycles. The van der Waals surface area contributed by atoms with Crippen molar-refractivity contribution in [3.05, 3.63) is 79.7 Å². The average molecular weight is 487 g/mol. The number of hydrogen-bond acceptors (Lipinski definition) is 4. The van der Waals surface area contributed by atoms with Crippen molar-refractivity contribution in [2.24, 2.45) is 0 Å². The second-order valence-corrected chi connectivity index (χ2v) is 7.97. The summed E-state index contributed by atoms with van der Waals surface area (Å²) in [5, 5.41) is 14.3. The van der Waals surface area contributed by atoms with E-state index in [0.717, 1.165) is 11.1 Å². The van der Waals surface area contributed by atoms with Crippen molar-refractivity contribution in [1.82, 2.24) is 0 Å². The molecular formula is C22H19Cl4NO3. The van der Waals surface area contributed by atoms with Crippen LogP contribution in [0.15, 0.2) is 48.5 Å². The predicted molar refractivity (Wildman–Crippen MR) is 124 cm³/mol. The van der Waals surface area contributed by atoms with E-state index in [1.807, 2.05) is 37.3 Å². The van der Waals surface area contributed by atoms with Gasteiger partial charge in [0.1, 0.15) is 6.61 Å². The summed E-state index contributed by atoms with van der Waals surface area (Å²) < 4.78 is 11.7. The van der Waals surface area contributed by atoms with Crippen LogP contribution in [-0.2, 0) is 13.2 Å². The third-order valence-corrected chi connectivity index (χ3v) is 5.55. The van der Waals surface area contributed by atoms with Crippen LogP contribution >= 0.6 is 46.4 Å². The fraction of sp³-hybridized carbons (Fsp3) is 0.182. The van der Waals surface area contributed by atoms with Crippen LogP contribution in [0.4, 0.5) is 5.69 Å². The molecule has 0 unspecified atom stereocenters. The lowest BCUT2D eigenvalue weighted by Crippen LogP contribution is -2.04. The predicted octanol–water partition coefficient (Wildman–Crippen LogP) is 7.60. The van der Waals surface area contributed by atoms with Gasteiger partial charge in [-0.25, -0.2) is 0 Å². The van der Waals surface area contributed by atoms with Gasteiger partial charge in [0.25, 0.3) is 0 Å². The van der Waals surface area contributed by atoms with E-state index in [2.05, 4.69) is 5.32 Å². The van der Waals surface area contributed by atoms with Crippen LogP contribution in [-0.4, -0.2) is 11.7 Å². The zero-order valence-electron chi connectivity index (χ0n) is 16.0. The smallest absolute Gasteiger partial charge is 0.163 e. The Hall–Kier alpha value is -1.98. The van der Waals surface area contributed by atoms with E-state index in [1.165, 1.54) is 0 Å². The molecule has 0 bridgehead atoms. The molecule has 4 nitrogen and oxygen atoms in total. The van der Waals surface area contributed by atoms with Crippen molar-refractivity contribution >= 4 is 52.1 Å². The maximum atomic E-state index is 9.68. The van der Waals surface area contributed by atoms with Gasteiger partial charge in [-0.1, -0.05) is 64.6 Å². The molecule has 0 aliphatic rings. The molecule has 0 aromatic heterocycles. The summed E-state index contributed by atoms with van der Waals surface area (Å²) in [4.78, 5) is 0. The molecule has 8 heteroatoms. The molecular weight excluding hydrogens is 468 g/mol. The fourth-order valence-electron chi connectivity index (χ4n) is 2.73. The molecule has 0 fully saturated rings. The van der Waals surface area contributed by atoms with Gasteiger partial charge in [0.2, 0.25) is 0 Å². The van der Waals surface area contributed by atoms with E-state index in [9.17, 15) is 5.11 Å². The molecule has 0 radical (unpaired) electrons. The molecule has 0 amide bonds. The third kappa shape index (κ3) is 5.58. The Morgan fingerprint density at radius 1 is 0.800 bits per heavy atom. The minimum absolute atomic E-state index is 0.152. The maximum Gasteiger partial charge on any atom is 0.163 e. The second-order valence-electron chi connectivity index (χ2n) is 6.35. The molecule has 158 valence electrons. The van der Waals surface area contributed by atoms with Crippen LogP contribution in [0.3, 0.4) is 0 Å². The first-order valence-corrected chi connectivity index (χ1v) is 10.6. The molecule has 3 aromatic rings. The van der Waals surface area contributed by atoms with Crippen molar-refractivity contribution in [3.63, 3.8) is 0 Å². The summed E-state index contributed by atoms with van der Waals surface area (Å²) in [5.74, 6) is 0.953. The standard InChI is InChI=1S/C22H19Cl4NO3/c1-2-29-20-7-14(11-27-15-8-18(25)22(28)19(26)9-15)17(24)10-21(20)30-12-13-5-3-4-6-16(13)23/h3-10,27-28H,2,11-12H2,1H3. The summed E-state index contributed by atoms with van der Waals surface area (Å²) in [7, 11) is 0. The highest BCUT2D eigenvalue weighted by molar-refractivity contribution is 6.37. The molecule has 0 aliphatic heterocycles. The largest absolute Gasteiger partial charge is 0.505 e. The minimum Gasteiger partial charge on any atom is -0.505 e. The SMILES string of the molecule is CCOc1cc(CNc2cc(Cl)c(O)c(Cl)c2)c(Cl)cc1OCc1ccccc1Cl. The molecule has 0 saturated carbocycles. The summed E-state index contributed by atoms with van der Waals surface area (Å²) in [5.41, 5.74) is 2.31. The lowest BCUT2D eigenvalue weighted by Gasteiger charge is -2.16. The van der Waals surface area contributed by atoms with Crippen molar-refractivity contribution in [1.29, 1.82) is 0 Å².